The predicted molar refractivity (Wildman–Crippen MR) is 144 cm³/mol. The van der Waals surface area contributed by atoms with E-state index >= 15 is 0 Å². The molecule has 2 N–H and O–H groups in total. The summed E-state index contributed by atoms with van der Waals surface area (Å²) in [6, 6.07) is 7.94. The summed E-state index contributed by atoms with van der Waals surface area (Å²) in [5.74, 6) is -1.13. The SMILES string of the molecule is CCOC(=O)CO.CCOC(=O)COC(=O)Nc1c(C)cc(C)cc1C.Cc1cc(C)c(N=C=O)c(C)c1. The van der Waals surface area contributed by atoms with Gasteiger partial charge in [-0.25, -0.2) is 19.2 Å². The van der Waals surface area contributed by atoms with E-state index in [0.717, 1.165) is 33.5 Å². The number of nitrogens with one attached hydrogen (secondary N) is 1. The highest BCUT2D eigenvalue weighted by atomic mass is 16.6. The van der Waals surface area contributed by atoms with Gasteiger partial charge in [0.15, 0.2) is 6.61 Å². The average Bonchev–Trinajstić information content (AvgIpc) is 2.83. The van der Waals surface area contributed by atoms with E-state index in [-0.39, 0.29) is 13.2 Å². The first-order chi connectivity index (χ1) is 17.9. The lowest BCUT2D eigenvalue weighted by Gasteiger charge is -2.12. The smallest absolute Gasteiger partial charge is 0.412 e. The van der Waals surface area contributed by atoms with Crippen molar-refractivity contribution in [2.75, 3.05) is 31.7 Å². The Hall–Kier alpha value is -4.01. The van der Waals surface area contributed by atoms with Gasteiger partial charge in [0, 0.05) is 5.69 Å². The first kappa shape index (κ1) is 34.0. The molecule has 2 aromatic carbocycles. The molecule has 0 bridgehead atoms. The van der Waals surface area contributed by atoms with E-state index in [1.165, 1.54) is 5.56 Å². The topological polar surface area (TPSA) is 141 Å². The Labute approximate surface area is 224 Å². The fourth-order valence-electron chi connectivity index (χ4n) is 3.44. The van der Waals surface area contributed by atoms with E-state index < -0.39 is 24.6 Å². The molecular formula is C28H38N2O8. The normalized spacial score (nSPS) is 9.39. The van der Waals surface area contributed by atoms with Crippen molar-refractivity contribution in [1.82, 2.24) is 0 Å². The number of hydrogen-bond acceptors (Lipinski definition) is 9. The molecule has 0 atom stereocenters. The zero-order chi connectivity index (χ0) is 29.3. The van der Waals surface area contributed by atoms with Gasteiger partial charge in [0.25, 0.3) is 0 Å². The van der Waals surface area contributed by atoms with E-state index in [0.29, 0.717) is 12.3 Å². The van der Waals surface area contributed by atoms with Gasteiger partial charge in [-0.15, -0.1) is 0 Å². The van der Waals surface area contributed by atoms with E-state index in [1.54, 1.807) is 19.9 Å². The zero-order valence-corrected chi connectivity index (χ0v) is 23.4. The molecule has 0 spiro atoms. The molecule has 2 rings (SSSR count). The van der Waals surface area contributed by atoms with E-state index in [1.807, 2.05) is 65.8 Å². The molecule has 10 heteroatoms. The molecule has 10 nitrogen and oxygen atoms in total. The van der Waals surface area contributed by atoms with Crippen molar-refractivity contribution in [2.45, 2.75) is 55.4 Å². The Morgan fingerprint density at radius 2 is 1.24 bits per heavy atom. The Morgan fingerprint density at radius 3 is 1.63 bits per heavy atom. The number of aliphatic imine (C=N–C) groups is 1. The number of carbonyl (C=O) groups is 3. The maximum atomic E-state index is 11.6. The van der Waals surface area contributed by atoms with Crippen LogP contribution in [0.4, 0.5) is 16.2 Å². The van der Waals surface area contributed by atoms with Crippen molar-refractivity contribution in [3.05, 3.63) is 57.6 Å². The number of esters is 2. The Morgan fingerprint density at radius 1 is 0.789 bits per heavy atom. The third-order valence-corrected chi connectivity index (χ3v) is 4.76. The largest absolute Gasteiger partial charge is 0.464 e. The van der Waals surface area contributed by atoms with Crippen molar-refractivity contribution in [1.29, 1.82) is 0 Å². The van der Waals surface area contributed by atoms with Gasteiger partial charge in [0.1, 0.15) is 6.61 Å². The summed E-state index contributed by atoms with van der Waals surface area (Å²) in [6.07, 6.45) is 0.896. The van der Waals surface area contributed by atoms with Crippen molar-refractivity contribution < 1.29 is 38.5 Å². The molecule has 0 aliphatic heterocycles. The molecular weight excluding hydrogens is 492 g/mol. The first-order valence-corrected chi connectivity index (χ1v) is 12.0. The second kappa shape index (κ2) is 18.3. The number of nitrogens with zero attached hydrogens (tertiary/aromatic N) is 1. The van der Waals surface area contributed by atoms with Gasteiger partial charge in [-0.1, -0.05) is 35.4 Å². The minimum Gasteiger partial charge on any atom is -0.464 e. The maximum Gasteiger partial charge on any atom is 0.412 e. The Kier molecular flexibility index (Phi) is 16.3. The molecule has 0 aromatic heterocycles. The lowest BCUT2D eigenvalue weighted by Crippen LogP contribution is -2.21. The van der Waals surface area contributed by atoms with Crippen LogP contribution >= 0.6 is 0 Å². The van der Waals surface area contributed by atoms with Gasteiger partial charge in [0.2, 0.25) is 6.08 Å². The fraction of sp³-hybridized carbons (Fsp3) is 0.429. The van der Waals surface area contributed by atoms with Gasteiger partial charge >= 0.3 is 18.0 Å². The Bertz CT molecular complexity index is 1090. The Balaban J connectivity index is 0.000000612. The van der Waals surface area contributed by atoms with Gasteiger partial charge < -0.3 is 19.3 Å². The molecule has 38 heavy (non-hydrogen) atoms. The monoisotopic (exact) mass is 530 g/mol. The molecule has 0 fully saturated rings. The van der Waals surface area contributed by atoms with Crippen molar-refractivity contribution in [3.63, 3.8) is 0 Å². The minimum atomic E-state index is -0.664. The van der Waals surface area contributed by atoms with Crippen molar-refractivity contribution in [2.24, 2.45) is 4.99 Å². The summed E-state index contributed by atoms with van der Waals surface area (Å²) in [4.78, 5) is 46.3. The second-order valence-corrected chi connectivity index (χ2v) is 8.19. The van der Waals surface area contributed by atoms with E-state index in [2.05, 4.69) is 19.8 Å². The zero-order valence-electron chi connectivity index (χ0n) is 23.4. The number of amides is 1. The fourth-order valence-corrected chi connectivity index (χ4v) is 3.44. The molecule has 0 aliphatic rings. The number of isocyanates is 1. The van der Waals surface area contributed by atoms with Crippen LogP contribution in [0.1, 0.15) is 47.2 Å². The highest BCUT2D eigenvalue weighted by Gasteiger charge is 2.11. The van der Waals surface area contributed by atoms with Gasteiger partial charge in [-0.05, 0) is 77.6 Å². The lowest BCUT2D eigenvalue weighted by molar-refractivity contribution is -0.147. The van der Waals surface area contributed by atoms with Crippen molar-refractivity contribution >= 4 is 35.5 Å². The van der Waals surface area contributed by atoms with Crippen LogP contribution in [0.25, 0.3) is 0 Å². The number of aryl methyl sites for hydroxylation is 6. The molecule has 2 aromatic rings. The predicted octanol–water partition coefficient (Wildman–Crippen LogP) is 4.84. The molecule has 0 unspecified atom stereocenters. The number of benzene rings is 2. The van der Waals surface area contributed by atoms with E-state index in [4.69, 9.17) is 9.84 Å². The maximum absolute atomic E-state index is 11.6. The van der Waals surface area contributed by atoms with Crippen LogP contribution in [0.3, 0.4) is 0 Å². The van der Waals surface area contributed by atoms with Gasteiger partial charge in [-0.3, -0.25) is 5.32 Å². The third-order valence-electron chi connectivity index (χ3n) is 4.76. The molecule has 0 saturated heterocycles. The number of rotatable bonds is 7. The molecule has 0 radical (unpaired) electrons. The minimum absolute atomic E-state index is 0.264. The number of carbonyl (C=O) groups excluding carboxylic acids is 4. The molecule has 1 amide bonds. The summed E-state index contributed by atoms with van der Waals surface area (Å²) in [5.41, 5.74) is 7.72. The highest BCUT2D eigenvalue weighted by molar-refractivity contribution is 5.88. The number of ether oxygens (including phenoxy) is 3. The van der Waals surface area contributed by atoms with Crippen LogP contribution in [0.2, 0.25) is 0 Å². The number of aliphatic hydroxyl groups excluding tert-OH is 1. The lowest BCUT2D eigenvalue weighted by atomic mass is 10.1. The standard InChI is InChI=1S/C14H19NO4.C10H11NO.C4H8O3/c1-5-18-12(16)8-19-14(17)15-13-10(3)6-9(2)7-11(13)4;1-7-4-8(2)10(11-6-12)9(3)5-7;1-2-7-4(6)3-5/h6-7H,5,8H2,1-4H3,(H,15,17);4-5H,1-3H3;5H,2-3H2,1H3. The molecule has 0 aliphatic carbocycles. The van der Waals surface area contributed by atoms with Gasteiger partial charge in [0.05, 0.1) is 18.9 Å². The number of anilines is 1. The van der Waals surface area contributed by atoms with Crippen LogP contribution < -0.4 is 5.32 Å². The summed E-state index contributed by atoms with van der Waals surface area (Å²) >= 11 is 0. The summed E-state index contributed by atoms with van der Waals surface area (Å²) in [5, 5.41) is 10.6. The summed E-state index contributed by atoms with van der Waals surface area (Å²) in [6.45, 7) is 14.8. The molecule has 0 heterocycles. The highest BCUT2D eigenvalue weighted by Crippen LogP contribution is 2.24. The van der Waals surface area contributed by atoms with Crippen LogP contribution in [-0.2, 0) is 28.6 Å². The van der Waals surface area contributed by atoms with Gasteiger partial charge in [-0.2, -0.15) is 4.99 Å². The number of aliphatic hydroxyl groups is 1. The van der Waals surface area contributed by atoms with Crippen LogP contribution in [0.15, 0.2) is 29.3 Å². The van der Waals surface area contributed by atoms with Crippen molar-refractivity contribution in [3.8, 4) is 0 Å². The van der Waals surface area contributed by atoms with Crippen LogP contribution in [0, 0.1) is 41.5 Å². The third kappa shape index (κ3) is 13.3. The second-order valence-electron chi connectivity index (χ2n) is 8.19. The van der Waals surface area contributed by atoms with Crippen LogP contribution in [0.5, 0.6) is 0 Å². The first-order valence-electron chi connectivity index (χ1n) is 12.0. The quantitative estimate of drug-likeness (QED) is 0.224. The molecule has 0 saturated carbocycles. The number of hydrogen-bond donors (Lipinski definition) is 2. The summed E-state index contributed by atoms with van der Waals surface area (Å²) in [7, 11) is 0. The average molecular weight is 531 g/mol. The summed E-state index contributed by atoms with van der Waals surface area (Å²) < 4.78 is 13.7. The van der Waals surface area contributed by atoms with Crippen LogP contribution in [-0.4, -0.2) is 55.6 Å². The van der Waals surface area contributed by atoms with E-state index in [9.17, 15) is 19.2 Å². The molecule has 208 valence electrons.